The fourth-order valence-corrected chi connectivity index (χ4v) is 3.45. The number of aromatic amines is 1. The zero-order valence-corrected chi connectivity index (χ0v) is 18.1. The lowest BCUT2D eigenvalue weighted by Gasteiger charge is -2.32. The number of amides is 2. The lowest BCUT2D eigenvalue weighted by Crippen LogP contribution is -2.42. The van der Waals surface area contributed by atoms with Crippen molar-refractivity contribution in [1.82, 2.24) is 29.9 Å². The number of urea groups is 1. The van der Waals surface area contributed by atoms with Gasteiger partial charge in [0.05, 0.1) is 11.2 Å². The summed E-state index contributed by atoms with van der Waals surface area (Å²) in [5.74, 6) is 2.51. The normalized spacial score (nSPS) is 18.4. The molecule has 154 valence electrons. The van der Waals surface area contributed by atoms with E-state index in [0.29, 0.717) is 6.54 Å². The van der Waals surface area contributed by atoms with E-state index in [1.165, 1.54) is 0 Å². The van der Waals surface area contributed by atoms with Crippen LogP contribution in [0.25, 0.3) is 0 Å². The van der Waals surface area contributed by atoms with Gasteiger partial charge in [-0.15, -0.1) is 0 Å². The van der Waals surface area contributed by atoms with Crippen LogP contribution in [0.4, 0.5) is 10.6 Å². The van der Waals surface area contributed by atoms with Gasteiger partial charge in [-0.3, -0.25) is 10.4 Å². The van der Waals surface area contributed by atoms with E-state index < -0.39 is 0 Å². The molecule has 0 aromatic carbocycles. The number of carbonyl (C=O) groups is 1. The summed E-state index contributed by atoms with van der Waals surface area (Å²) in [5.41, 5.74) is 0.647. The van der Waals surface area contributed by atoms with Crippen LogP contribution in [0.15, 0.2) is 6.07 Å². The highest BCUT2D eigenvalue weighted by atomic mass is 16.2. The summed E-state index contributed by atoms with van der Waals surface area (Å²) in [7, 11) is 0. The van der Waals surface area contributed by atoms with Crippen LogP contribution in [-0.4, -0.2) is 49.0 Å². The Morgan fingerprint density at radius 2 is 1.96 bits per heavy atom. The molecule has 2 aromatic heterocycles. The molecular formula is C20H33N7O. The lowest BCUT2D eigenvalue weighted by atomic mass is 9.92. The third kappa shape index (κ3) is 4.36. The van der Waals surface area contributed by atoms with Crippen molar-refractivity contribution in [2.75, 3.05) is 18.4 Å². The molecule has 1 saturated heterocycles. The Labute approximate surface area is 167 Å². The molecule has 0 spiro atoms. The first kappa shape index (κ1) is 20.4. The molecule has 1 unspecified atom stereocenters. The number of rotatable bonds is 2. The topological polar surface area (TPSA) is 91.7 Å². The Hall–Kier alpha value is -2.38. The number of piperidine rings is 1. The fourth-order valence-electron chi connectivity index (χ4n) is 3.45. The predicted molar refractivity (Wildman–Crippen MR) is 110 cm³/mol. The van der Waals surface area contributed by atoms with Gasteiger partial charge < -0.3 is 4.90 Å². The van der Waals surface area contributed by atoms with Crippen molar-refractivity contribution in [1.29, 1.82) is 0 Å². The summed E-state index contributed by atoms with van der Waals surface area (Å²) in [6.07, 6.45) is 1.94. The third-order valence-corrected chi connectivity index (χ3v) is 5.04. The van der Waals surface area contributed by atoms with Gasteiger partial charge in [0.15, 0.2) is 5.82 Å². The fraction of sp³-hybridized carbons (Fsp3) is 0.700. The zero-order chi connectivity index (χ0) is 20.7. The summed E-state index contributed by atoms with van der Waals surface area (Å²) >= 11 is 0. The number of hydrogen-bond acceptors (Lipinski definition) is 4. The monoisotopic (exact) mass is 387 g/mol. The molecule has 8 heteroatoms. The smallest absolute Gasteiger partial charge is 0.323 e. The van der Waals surface area contributed by atoms with Crippen molar-refractivity contribution in [2.24, 2.45) is 0 Å². The van der Waals surface area contributed by atoms with Crippen LogP contribution in [0, 0.1) is 6.92 Å². The second-order valence-electron chi connectivity index (χ2n) is 9.74. The first-order valence-electron chi connectivity index (χ1n) is 10.0. The molecule has 1 aliphatic heterocycles. The number of aryl methyl sites for hydroxylation is 1. The van der Waals surface area contributed by atoms with Crippen LogP contribution in [0.5, 0.6) is 0 Å². The lowest BCUT2D eigenvalue weighted by molar-refractivity contribution is 0.191. The number of likely N-dealkylation sites (tertiary alicyclic amines) is 1. The average Bonchev–Trinajstić information content (AvgIpc) is 3.21. The van der Waals surface area contributed by atoms with Crippen molar-refractivity contribution in [3.8, 4) is 0 Å². The Morgan fingerprint density at radius 3 is 2.54 bits per heavy atom. The highest BCUT2D eigenvalue weighted by Crippen LogP contribution is 2.29. The van der Waals surface area contributed by atoms with E-state index in [0.717, 1.165) is 42.5 Å². The van der Waals surface area contributed by atoms with Gasteiger partial charge in [-0.25, -0.2) is 14.5 Å². The van der Waals surface area contributed by atoms with E-state index in [1.54, 1.807) is 0 Å². The van der Waals surface area contributed by atoms with E-state index in [1.807, 2.05) is 22.6 Å². The van der Waals surface area contributed by atoms with E-state index in [9.17, 15) is 4.79 Å². The molecule has 0 aliphatic carbocycles. The minimum Gasteiger partial charge on any atom is -0.324 e. The Balaban J connectivity index is 1.77. The molecule has 1 fully saturated rings. The molecule has 3 heterocycles. The molecule has 28 heavy (non-hydrogen) atoms. The van der Waals surface area contributed by atoms with Crippen LogP contribution < -0.4 is 5.32 Å². The zero-order valence-electron chi connectivity index (χ0n) is 18.1. The van der Waals surface area contributed by atoms with Gasteiger partial charge in [-0.2, -0.15) is 10.2 Å². The van der Waals surface area contributed by atoms with E-state index in [-0.39, 0.29) is 22.9 Å². The van der Waals surface area contributed by atoms with Gasteiger partial charge in [0.1, 0.15) is 11.6 Å². The Morgan fingerprint density at radius 1 is 1.25 bits per heavy atom. The van der Waals surface area contributed by atoms with Gasteiger partial charge in [0.25, 0.3) is 0 Å². The maximum absolute atomic E-state index is 13.0. The van der Waals surface area contributed by atoms with Gasteiger partial charge in [0, 0.05) is 30.5 Å². The minimum absolute atomic E-state index is 0.0876. The van der Waals surface area contributed by atoms with E-state index in [4.69, 9.17) is 5.10 Å². The average molecular weight is 388 g/mol. The second-order valence-corrected chi connectivity index (χ2v) is 9.74. The van der Waals surface area contributed by atoms with Gasteiger partial charge in [-0.1, -0.05) is 20.8 Å². The predicted octanol–water partition coefficient (Wildman–Crippen LogP) is 3.77. The Kier molecular flexibility index (Phi) is 5.25. The molecule has 0 saturated carbocycles. The number of H-pyrrole nitrogens is 1. The summed E-state index contributed by atoms with van der Waals surface area (Å²) in [6.45, 7) is 15.9. The molecule has 2 aromatic rings. The molecule has 0 bridgehead atoms. The summed E-state index contributed by atoms with van der Waals surface area (Å²) in [5, 5.41) is 15.1. The number of hydrogen-bond donors (Lipinski definition) is 2. The molecule has 8 nitrogen and oxygen atoms in total. The van der Waals surface area contributed by atoms with E-state index in [2.05, 4.69) is 62.0 Å². The number of nitrogens with one attached hydrogen (secondary N) is 2. The first-order valence-corrected chi connectivity index (χ1v) is 10.0. The van der Waals surface area contributed by atoms with E-state index >= 15 is 0 Å². The van der Waals surface area contributed by atoms with Crippen LogP contribution in [0.2, 0.25) is 0 Å². The molecule has 2 amide bonds. The van der Waals surface area contributed by atoms with Gasteiger partial charge in [0.2, 0.25) is 0 Å². The maximum atomic E-state index is 13.0. The van der Waals surface area contributed by atoms with Crippen LogP contribution >= 0.6 is 0 Å². The Bertz CT molecular complexity index is 838. The largest absolute Gasteiger partial charge is 0.324 e. The highest BCUT2D eigenvalue weighted by Gasteiger charge is 2.30. The number of aromatic nitrogens is 5. The summed E-state index contributed by atoms with van der Waals surface area (Å²) < 4.78 is 1.91. The highest BCUT2D eigenvalue weighted by molar-refractivity contribution is 5.88. The van der Waals surface area contributed by atoms with Gasteiger partial charge in [-0.05, 0) is 40.5 Å². The number of carbonyl (C=O) groups excluding carboxylic acids is 1. The number of anilines is 1. The number of nitrogens with zero attached hydrogens (tertiary/aromatic N) is 5. The van der Waals surface area contributed by atoms with Crippen molar-refractivity contribution >= 4 is 11.8 Å². The molecule has 1 atom stereocenters. The second kappa shape index (κ2) is 7.22. The first-order chi connectivity index (χ1) is 12.9. The SMILES string of the molecule is Cc1nc(C2CCCN(C(=O)Nc3cc(C(C)(C)C)nn3C(C)(C)C)C2)n[nH]1. The van der Waals surface area contributed by atoms with Crippen LogP contribution in [0.3, 0.4) is 0 Å². The summed E-state index contributed by atoms with van der Waals surface area (Å²) in [6, 6.07) is 1.89. The molecule has 1 aliphatic rings. The quantitative estimate of drug-likeness (QED) is 0.820. The van der Waals surface area contributed by atoms with Crippen molar-refractivity contribution in [2.45, 2.75) is 78.2 Å². The van der Waals surface area contributed by atoms with Crippen molar-refractivity contribution in [3.05, 3.63) is 23.4 Å². The molecular weight excluding hydrogens is 354 g/mol. The third-order valence-electron chi connectivity index (χ3n) is 5.04. The van der Waals surface area contributed by atoms with Crippen LogP contribution in [-0.2, 0) is 11.0 Å². The summed E-state index contributed by atoms with van der Waals surface area (Å²) in [4.78, 5) is 19.3. The molecule has 2 N–H and O–H groups in total. The van der Waals surface area contributed by atoms with Crippen molar-refractivity contribution in [3.63, 3.8) is 0 Å². The van der Waals surface area contributed by atoms with Crippen LogP contribution in [0.1, 0.15) is 77.6 Å². The molecule has 0 radical (unpaired) electrons. The maximum Gasteiger partial charge on any atom is 0.323 e. The minimum atomic E-state index is -0.229. The molecule has 3 rings (SSSR count). The van der Waals surface area contributed by atoms with Gasteiger partial charge >= 0.3 is 6.03 Å². The standard InChI is InChI=1S/C20H33N7O/c1-13-21-17(24-23-13)14-9-8-10-26(12-14)18(28)22-16-11-15(19(2,3)4)25-27(16)20(5,6)7/h11,14H,8-10,12H2,1-7H3,(H,22,28)(H,21,23,24). The van der Waals surface area contributed by atoms with Crippen molar-refractivity contribution < 1.29 is 4.79 Å².